The molecular formula is C14H15N3S. The highest BCUT2D eigenvalue weighted by atomic mass is 32.1. The fourth-order valence-electron chi connectivity index (χ4n) is 1.81. The van der Waals surface area contributed by atoms with Crippen molar-refractivity contribution >= 4 is 17.0 Å². The number of hydrogen-bond donors (Lipinski definition) is 1. The number of aryl methyl sites for hydroxylation is 1. The molecule has 0 aliphatic carbocycles. The molecule has 0 radical (unpaired) electrons. The zero-order chi connectivity index (χ0) is 13.2. The van der Waals surface area contributed by atoms with Gasteiger partial charge in [-0.3, -0.25) is 0 Å². The van der Waals surface area contributed by atoms with Gasteiger partial charge in [0.2, 0.25) is 0 Å². The minimum absolute atomic E-state index is 0.214. The molecule has 2 aromatic rings. The largest absolute Gasteiger partial charge is 0.374 e. The molecule has 0 spiro atoms. The van der Waals surface area contributed by atoms with Crippen LogP contribution in [0, 0.1) is 18.3 Å². The van der Waals surface area contributed by atoms with E-state index in [1.165, 1.54) is 0 Å². The van der Waals surface area contributed by atoms with Crippen molar-refractivity contribution in [2.45, 2.75) is 26.3 Å². The molecule has 0 unspecified atom stereocenters. The molecule has 1 aromatic heterocycles. The smallest absolute Gasteiger partial charge is 0.117 e. The van der Waals surface area contributed by atoms with Crippen LogP contribution in [0.1, 0.15) is 30.0 Å². The third-order valence-corrected chi connectivity index (χ3v) is 3.87. The van der Waals surface area contributed by atoms with Crippen LogP contribution >= 0.6 is 11.3 Å². The molecule has 1 aromatic carbocycles. The molecule has 0 amide bonds. The van der Waals surface area contributed by atoms with Gasteiger partial charge in [-0.05, 0) is 44.5 Å². The van der Waals surface area contributed by atoms with Crippen molar-refractivity contribution in [2.24, 2.45) is 0 Å². The normalized spacial score (nSPS) is 11.0. The van der Waals surface area contributed by atoms with Crippen molar-refractivity contribution in [3.63, 3.8) is 0 Å². The molecule has 0 atom stereocenters. The Labute approximate surface area is 111 Å². The number of nitrogens with zero attached hydrogens (tertiary/aromatic N) is 2. The summed E-state index contributed by atoms with van der Waals surface area (Å²) >= 11 is 1.64. The van der Waals surface area contributed by atoms with E-state index in [1.807, 2.05) is 36.7 Å². The summed E-state index contributed by atoms with van der Waals surface area (Å²) in [6.07, 6.45) is 1.81. The van der Waals surface area contributed by atoms with Gasteiger partial charge in [-0.15, -0.1) is 11.3 Å². The molecule has 3 nitrogen and oxygen atoms in total. The van der Waals surface area contributed by atoms with E-state index >= 15 is 0 Å². The molecule has 0 saturated heterocycles. The molecule has 0 aliphatic heterocycles. The molecule has 0 bridgehead atoms. The summed E-state index contributed by atoms with van der Waals surface area (Å²) in [5.41, 5.74) is 2.49. The topological polar surface area (TPSA) is 48.7 Å². The molecular weight excluding hydrogens is 242 g/mol. The lowest BCUT2D eigenvalue weighted by Crippen LogP contribution is -2.27. The van der Waals surface area contributed by atoms with Crippen LogP contribution in [0.2, 0.25) is 0 Å². The summed E-state index contributed by atoms with van der Waals surface area (Å²) in [6, 6.07) is 7.94. The monoisotopic (exact) mass is 257 g/mol. The van der Waals surface area contributed by atoms with Crippen molar-refractivity contribution in [3.05, 3.63) is 45.9 Å². The lowest BCUT2D eigenvalue weighted by molar-refractivity contribution is 0.604. The van der Waals surface area contributed by atoms with Crippen LogP contribution in [0.25, 0.3) is 0 Å². The van der Waals surface area contributed by atoms with E-state index in [2.05, 4.69) is 30.2 Å². The second-order valence-electron chi connectivity index (χ2n) is 4.73. The van der Waals surface area contributed by atoms with Crippen LogP contribution in [0.15, 0.2) is 29.8 Å². The first-order valence-corrected chi connectivity index (χ1v) is 6.60. The van der Waals surface area contributed by atoms with Gasteiger partial charge in [-0.1, -0.05) is 0 Å². The van der Waals surface area contributed by atoms with E-state index in [4.69, 9.17) is 5.26 Å². The van der Waals surface area contributed by atoms with Gasteiger partial charge in [-0.25, -0.2) is 4.98 Å². The van der Waals surface area contributed by atoms with E-state index in [9.17, 15) is 0 Å². The van der Waals surface area contributed by atoms with Gasteiger partial charge in [0, 0.05) is 17.3 Å². The highest BCUT2D eigenvalue weighted by Gasteiger charge is 2.22. The molecule has 1 N–H and O–H groups in total. The first-order chi connectivity index (χ1) is 8.53. The van der Waals surface area contributed by atoms with Gasteiger partial charge < -0.3 is 5.32 Å². The van der Waals surface area contributed by atoms with Gasteiger partial charge in [-0.2, -0.15) is 5.26 Å². The van der Waals surface area contributed by atoms with Gasteiger partial charge in [0.05, 0.1) is 17.2 Å². The van der Waals surface area contributed by atoms with E-state index in [-0.39, 0.29) is 5.54 Å². The number of thiazole rings is 1. The summed E-state index contributed by atoms with van der Waals surface area (Å²) < 4.78 is 0. The van der Waals surface area contributed by atoms with Crippen molar-refractivity contribution in [1.29, 1.82) is 5.26 Å². The SMILES string of the molecule is Cc1cc(NC(C)(C)c2nccs2)ccc1C#N. The van der Waals surface area contributed by atoms with Crippen LogP contribution in [0.3, 0.4) is 0 Å². The predicted molar refractivity (Wildman–Crippen MR) is 74.7 cm³/mol. The number of nitriles is 1. The summed E-state index contributed by atoms with van der Waals surface area (Å²) in [6.45, 7) is 6.14. The number of nitrogens with one attached hydrogen (secondary N) is 1. The van der Waals surface area contributed by atoms with Crippen LogP contribution in [0.5, 0.6) is 0 Å². The summed E-state index contributed by atoms with van der Waals surface area (Å²) in [4.78, 5) is 4.34. The summed E-state index contributed by atoms with van der Waals surface area (Å²) in [5.74, 6) is 0. The second-order valence-corrected chi connectivity index (χ2v) is 5.62. The Balaban J connectivity index is 2.25. The maximum atomic E-state index is 8.91. The first-order valence-electron chi connectivity index (χ1n) is 5.72. The third kappa shape index (κ3) is 2.52. The second kappa shape index (κ2) is 4.79. The van der Waals surface area contributed by atoms with E-state index in [1.54, 1.807) is 11.3 Å². The number of anilines is 1. The van der Waals surface area contributed by atoms with Crippen LogP contribution in [-0.4, -0.2) is 4.98 Å². The average molecular weight is 257 g/mol. The zero-order valence-corrected chi connectivity index (χ0v) is 11.5. The quantitative estimate of drug-likeness (QED) is 0.912. The number of rotatable bonds is 3. The Hall–Kier alpha value is -1.86. The number of aromatic nitrogens is 1. The Bertz CT molecular complexity index is 580. The van der Waals surface area contributed by atoms with E-state index in [0.29, 0.717) is 5.56 Å². The Kier molecular flexibility index (Phi) is 3.35. The Morgan fingerprint density at radius 3 is 2.72 bits per heavy atom. The van der Waals surface area contributed by atoms with Crippen molar-refractivity contribution in [1.82, 2.24) is 4.98 Å². The fourth-order valence-corrected chi connectivity index (χ4v) is 2.53. The maximum absolute atomic E-state index is 8.91. The minimum Gasteiger partial charge on any atom is -0.374 e. The first kappa shape index (κ1) is 12.6. The van der Waals surface area contributed by atoms with Gasteiger partial charge in [0.15, 0.2) is 0 Å². The number of benzene rings is 1. The Morgan fingerprint density at radius 2 is 2.17 bits per heavy atom. The summed E-state index contributed by atoms with van der Waals surface area (Å²) in [5, 5.41) is 15.4. The van der Waals surface area contributed by atoms with Crippen molar-refractivity contribution < 1.29 is 0 Å². The highest BCUT2D eigenvalue weighted by molar-refractivity contribution is 7.09. The molecule has 2 rings (SSSR count). The summed E-state index contributed by atoms with van der Waals surface area (Å²) in [7, 11) is 0. The third-order valence-electron chi connectivity index (χ3n) is 2.77. The van der Waals surface area contributed by atoms with Crippen molar-refractivity contribution in [2.75, 3.05) is 5.32 Å². The molecule has 0 saturated carbocycles. The predicted octanol–water partition coefficient (Wildman–Crippen LogP) is 3.67. The molecule has 18 heavy (non-hydrogen) atoms. The highest BCUT2D eigenvalue weighted by Crippen LogP contribution is 2.27. The van der Waals surface area contributed by atoms with Gasteiger partial charge >= 0.3 is 0 Å². The molecule has 92 valence electrons. The zero-order valence-electron chi connectivity index (χ0n) is 10.7. The minimum atomic E-state index is -0.214. The fraction of sp³-hybridized carbons (Fsp3) is 0.286. The van der Waals surface area contributed by atoms with E-state index in [0.717, 1.165) is 16.3 Å². The average Bonchev–Trinajstić information content (AvgIpc) is 2.82. The lowest BCUT2D eigenvalue weighted by Gasteiger charge is -2.25. The molecule has 0 fully saturated rings. The lowest BCUT2D eigenvalue weighted by atomic mass is 10.0. The molecule has 4 heteroatoms. The Morgan fingerprint density at radius 1 is 1.39 bits per heavy atom. The van der Waals surface area contributed by atoms with Crippen LogP contribution in [-0.2, 0) is 5.54 Å². The van der Waals surface area contributed by atoms with Crippen LogP contribution in [0.4, 0.5) is 5.69 Å². The molecule has 0 aliphatic rings. The van der Waals surface area contributed by atoms with Gasteiger partial charge in [0.1, 0.15) is 5.01 Å². The maximum Gasteiger partial charge on any atom is 0.117 e. The van der Waals surface area contributed by atoms with Crippen LogP contribution < -0.4 is 5.32 Å². The number of hydrogen-bond acceptors (Lipinski definition) is 4. The van der Waals surface area contributed by atoms with Gasteiger partial charge in [0.25, 0.3) is 0 Å². The standard InChI is InChI=1S/C14H15N3S/c1-10-8-12(5-4-11(10)9-15)17-14(2,3)13-16-6-7-18-13/h4-8,17H,1-3H3. The molecule has 1 heterocycles. The van der Waals surface area contributed by atoms with E-state index < -0.39 is 0 Å². The van der Waals surface area contributed by atoms with Crippen molar-refractivity contribution in [3.8, 4) is 6.07 Å².